The molecule has 0 N–H and O–H groups in total. The fraction of sp³-hybridized carbons (Fsp3) is 1.00. The van der Waals surface area contributed by atoms with Crippen LogP contribution >= 0.6 is 17.2 Å². The van der Waals surface area contributed by atoms with Crippen molar-refractivity contribution in [2.45, 2.75) is 37.5 Å². The Morgan fingerprint density at radius 2 is 1.46 bits per heavy atom. The molecule has 0 heterocycles. The first kappa shape index (κ1) is 10.4. The minimum absolute atomic E-state index is 1.12. The molecule has 6 atom stereocenters. The molecule has 2 heteroatoms. The lowest BCUT2D eigenvalue weighted by Crippen LogP contribution is -2.24. The Labute approximate surface area is 86.2 Å². The first-order valence-electron chi connectivity index (χ1n) is 5.68. The molecule has 0 aromatic rings. The van der Waals surface area contributed by atoms with Crippen molar-refractivity contribution in [1.29, 1.82) is 0 Å². The Bertz CT molecular complexity index is 159. The third kappa shape index (κ3) is 1.49. The third-order valence-electron chi connectivity index (χ3n) is 4.38. The van der Waals surface area contributed by atoms with Crippen LogP contribution in [0.4, 0.5) is 0 Å². The van der Waals surface area contributed by atoms with Crippen LogP contribution in [0.3, 0.4) is 0 Å². The molecule has 0 aromatic carbocycles. The van der Waals surface area contributed by atoms with Crippen molar-refractivity contribution in [3.05, 3.63) is 0 Å². The van der Waals surface area contributed by atoms with E-state index < -0.39 is 0 Å². The minimum atomic E-state index is 1.12. The molecule has 0 aliphatic heterocycles. The summed E-state index contributed by atoms with van der Waals surface area (Å²) in [5.41, 5.74) is 2.26. The first-order valence-corrected chi connectivity index (χ1v) is 8.83. The normalized spacial score (nSPS) is 50.5. The van der Waals surface area contributed by atoms with Crippen molar-refractivity contribution in [2.24, 2.45) is 17.8 Å². The van der Waals surface area contributed by atoms with Crippen LogP contribution in [-0.4, -0.2) is 24.6 Å². The Morgan fingerprint density at radius 1 is 1.00 bits per heavy atom. The van der Waals surface area contributed by atoms with E-state index in [1.54, 1.807) is 12.8 Å². The smallest absolute Gasteiger partial charge is 0.0140 e. The van der Waals surface area contributed by atoms with E-state index in [-0.39, 0.29) is 0 Å². The molecule has 0 nitrogen and oxygen atoms in total. The summed E-state index contributed by atoms with van der Waals surface area (Å²) < 4.78 is 0. The van der Waals surface area contributed by atoms with E-state index in [0.29, 0.717) is 0 Å². The van der Waals surface area contributed by atoms with Crippen molar-refractivity contribution < 1.29 is 0 Å². The summed E-state index contributed by atoms with van der Waals surface area (Å²) in [7, 11) is 2.42. The SMILES string of the molecule is CCC1C2CCC1C(PC)C2PC. The number of hydrogen-bond acceptors (Lipinski definition) is 0. The fourth-order valence-electron chi connectivity index (χ4n) is 3.95. The van der Waals surface area contributed by atoms with Crippen molar-refractivity contribution in [2.75, 3.05) is 13.3 Å². The van der Waals surface area contributed by atoms with Gasteiger partial charge in [-0.2, -0.15) is 0 Å². The third-order valence-corrected chi connectivity index (χ3v) is 7.62. The van der Waals surface area contributed by atoms with E-state index in [2.05, 4.69) is 20.3 Å². The van der Waals surface area contributed by atoms with Gasteiger partial charge in [0.05, 0.1) is 0 Å². The van der Waals surface area contributed by atoms with E-state index in [0.717, 1.165) is 29.1 Å². The van der Waals surface area contributed by atoms with Gasteiger partial charge in [-0.15, -0.1) is 17.2 Å². The molecule has 0 aromatic heterocycles. The number of hydrogen-bond donors (Lipinski definition) is 0. The van der Waals surface area contributed by atoms with Gasteiger partial charge in [0.15, 0.2) is 0 Å². The molecule has 0 spiro atoms. The summed E-state index contributed by atoms with van der Waals surface area (Å²) in [5, 5.41) is 0. The van der Waals surface area contributed by atoms with Crippen molar-refractivity contribution >= 4 is 17.2 Å². The number of rotatable bonds is 3. The van der Waals surface area contributed by atoms with Crippen LogP contribution in [0.1, 0.15) is 26.2 Å². The van der Waals surface area contributed by atoms with E-state index >= 15 is 0 Å². The molecule has 76 valence electrons. The van der Waals surface area contributed by atoms with Crippen LogP contribution in [0, 0.1) is 17.8 Å². The minimum Gasteiger partial charge on any atom is -0.121 e. The zero-order valence-electron chi connectivity index (χ0n) is 9.01. The van der Waals surface area contributed by atoms with Crippen LogP contribution < -0.4 is 0 Å². The number of fused-ring (bicyclic) bond motifs is 2. The lowest BCUT2D eigenvalue weighted by Gasteiger charge is -2.29. The van der Waals surface area contributed by atoms with Gasteiger partial charge in [0, 0.05) is 0 Å². The molecule has 2 aliphatic rings. The molecular formula is C11H22P2. The van der Waals surface area contributed by atoms with Crippen LogP contribution in [0.15, 0.2) is 0 Å². The molecule has 0 saturated heterocycles. The molecule has 6 unspecified atom stereocenters. The first-order chi connectivity index (χ1) is 6.33. The quantitative estimate of drug-likeness (QED) is 0.634. The summed E-state index contributed by atoms with van der Waals surface area (Å²) in [4.78, 5) is 0. The highest BCUT2D eigenvalue weighted by molar-refractivity contribution is 7.43. The summed E-state index contributed by atoms with van der Waals surface area (Å²) in [6, 6.07) is 0. The maximum atomic E-state index is 2.44. The van der Waals surface area contributed by atoms with Crippen molar-refractivity contribution in [3.8, 4) is 0 Å². The highest BCUT2D eigenvalue weighted by atomic mass is 31.1. The zero-order valence-corrected chi connectivity index (χ0v) is 11.0. The summed E-state index contributed by atoms with van der Waals surface area (Å²) in [6.45, 7) is 7.28. The van der Waals surface area contributed by atoms with Gasteiger partial charge in [-0.3, -0.25) is 0 Å². The van der Waals surface area contributed by atoms with Gasteiger partial charge in [0.2, 0.25) is 0 Å². The average molecular weight is 216 g/mol. The van der Waals surface area contributed by atoms with E-state index in [4.69, 9.17) is 0 Å². The molecule has 2 rings (SSSR count). The van der Waals surface area contributed by atoms with E-state index in [9.17, 15) is 0 Å². The predicted octanol–water partition coefficient (Wildman–Crippen LogP) is 3.41. The topological polar surface area (TPSA) is 0 Å². The highest BCUT2D eigenvalue weighted by Gasteiger charge is 2.51. The molecule has 2 saturated carbocycles. The second-order valence-corrected chi connectivity index (χ2v) is 7.09. The molecule has 2 fully saturated rings. The molecular weight excluding hydrogens is 194 g/mol. The van der Waals surface area contributed by atoms with Crippen LogP contribution in [0.25, 0.3) is 0 Å². The molecule has 2 bridgehead atoms. The predicted molar refractivity (Wildman–Crippen MR) is 66.0 cm³/mol. The van der Waals surface area contributed by atoms with Gasteiger partial charge in [0.25, 0.3) is 0 Å². The van der Waals surface area contributed by atoms with Gasteiger partial charge in [-0.25, -0.2) is 0 Å². The van der Waals surface area contributed by atoms with Gasteiger partial charge in [-0.1, -0.05) is 13.3 Å². The maximum absolute atomic E-state index is 2.44. The Kier molecular flexibility index (Phi) is 3.32. The Balaban J connectivity index is 2.15. The Hall–Kier alpha value is 0.860. The standard InChI is InChI=1S/C11H22P2/c1-4-7-8-5-6-9(7)11(13-3)10(8)12-2/h7-13H,4-6H2,1-3H3. The largest absolute Gasteiger partial charge is 0.121 e. The lowest BCUT2D eigenvalue weighted by atomic mass is 9.95. The van der Waals surface area contributed by atoms with Gasteiger partial charge in [0.1, 0.15) is 0 Å². The summed E-state index contributed by atoms with van der Waals surface area (Å²) in [6.07, 6.45) is 4.59. The fourth-order valence-corrected chi connectivity index (χ4v) is 7.84. The van der Waals surface area contributed by atoms with Crippen molar-refractivity contribution in [1.82, 2.24) is 0 Å². The maximum Gasteiger partial charge on any atom is -0.0140 e. The lowest BCUT2D eigenvalue weighted by molar-refractivity contribution is 0.395. The zero-order chi connectivity index (χ0) is 9.42. The molecule has 0 radical (unpaired) electrons. The monoisotopic (exact) mass is 216 g/mol. The van der Waals surface area contributed by atoms with Crippen LogP contribution in [-0.2, 0) is 0 Å². The van der Waals surface area contributed by atoms with Gasteiger partial charge >= 0.3 is 0 Å². The second kappa shape index (κ2) is 4.16. The van der Waals surface area contributed by atoms with Gasteiger partial charge in [-0.05, 0) is 55.2 Å². The van der Waals surface area contributed by atoms with Gasteiger partial charge < -0.3 is 0 Å². The Morgan fingerprint density at radius 3 is 1.77 bits per heavy atom. The molecule has 0 amide bonds. The van der Waals surface area contributed by atoms with Crippen molar-refractivity contribution in [3.63, 3.8) is 0 Å². The summed E-state index contributed by atoms with van der Waals surface area (Å²) in [5.74, 6) is 3.39. The molecule has 13 heavy (non-hydrogen) atoms. The van der Waals surface area contributed by atoms with Crippen LogP contribution in [0.5, 0.6) is 0 Å². The summed E-state index contributed by atoms with van der Waals surface area (Å²) >= 11 is 0. The molecule has 2 aliphatic carbocycles. The van der Waals surface area contributed by atoms with E-state index in [1.165, 1.54) is 23.6 Å². The van der Waals surface area contributed by atoms with E-state index in [1.807, 2.05) is 0 Å². The second-order valence-electron chi connectivity index (χ2n) is 4.61. The van der Waals surface area contributed by atoms with Crippen LogP contribution in [0.2, 0.25) is 0 Å². The average Bonchev–Trinajstić information content (AvgIpc) is 2.70. The highest BCUT2D eigenvalue weighted by Crippen LogP contribution is 2.60.